The first-order chi connectivity index (χ1) is 21.7. The van der Waals surface area contributed by atoms with E-state index < -0.39 is 0 Å². The van der Waals surface area contributed by atoms with Gasteiger partial charge in [-0.3, -0.25) is 0 Å². The van der Waals surface area contributed by atoms with Crippen molar-refractivity contribution in [3.05, 3.63) is 28.8 Å². The zero-order valence-corrected chi connectivity index (χ0v) is 31.7. The molecule has 1 aromatic carbocycles. The predicted octanol–water partition coefficient (Wildman–Crippen LogP) is 15.1. The largest absolute Gasteiger partial charge is 0.507 e. The molecule has 1 nitrogen and oxygen atoms in total. The molecule has 1 rings (SSSR count). The lowest BCUT2D eigenvalue weighted by Crippen LogP contribution is -1.92. The molecule has 0 heterocycles. The highest BCUT2D eigenvalue weighted by atomic mass is 32.2. The van der Waals surface area contributed by atoms with Crippen LogP contribution in [0.25, 0.3) is 0 Å². The van der Waals surface area contributed by atoms with Crippen molar-refractivity contribution in [2.45, 2.75) is 212 Å². The Morgan fingerprint density at radius 3 is 1.11 bits per heavy atom. The highest BCUT2D eigenvalue weighted by Gasteiger charge is 2.08. The summed E-state index contributed by atoms with van der Waals surface area (Å²) in [6, 6.07) is 4.48. The first-order valence-electron chi connectivity index (χ1n) is 19.7. The third kappa shape index (κ3) is 25.9. The maximum absolute atomic E-state index is 10.6. The quantitative estimate of drug-likeness (QED) is 0.0751. The van der Waals surface area contributed by atoms with Crippen molar-refractivity contribution in [3.8, 4) is 5.75 Å². The van der Waals surface area contributed by atoms with Gasteiger partial charge in [-0.15, -0.1) is 0 Å². The van der Waals surface area contributed by atoms with Crippen LogP contribution in [0.1, 0.15) is 210 Å². The van der Waals surface area contributed by atoms with E-state index >= 15 is 0 Å². The predicted molar refractivity (Wildman–Crippen MR) is 206 cm³/mol. The number of phenolic OH excluding ortho intramolecular Hbond substituents is 1. The fraction of sp³-hybridized carbons (Fsp3) is 0.854. The number of rotatable bonds is 34. The Balaban J connectivity index is 1.97. The second-order valence-electron chi connectivity index (χ2n) is 13.7. The van der Waals surface area contributed by atoms with E-state index in [0.29, 0.717) is 5.75 Å². The Labute approximate surface area is 285 Å². The van der Waals surface area contributed by atoms with Crippen LogP contribution >= 0.6 is 23.5 Å². The van der Waals surface area contributed by atoms with Crippen LogP contribution < -0.4 is 0 Å². The van der Waals surface area contributed by atoms with Gasteiger partial charge in [0.1, 0.15) is 5.75 Å². The van der Waals surface area contributed by atoms with Crippen molar-refractivity contribution >= 4 is 23.5 Å². The molecule has 0 aliphatic heterocycles. The van der Waals surface area contributed by atoms with E-state index in [2.05, 4.69) is 44.7 Å². The Kier molecular flexibility index (Phi) is 31.0. The van der Waals surface area contributed by atoms with E-state index in [1.165, 1.54) is 197 Å². The number of hydrogen-bond acceptors (Lipinski definition) is 3. The van der Waals surface area contributed by atoms with Crippen LogP contribution in [-0.2, 0) is 11.5 Å². The Morgan fingerprint density at radius 1 is 0.432 bits per heavy atom. The molecule has 0 aromatic heterocycles. The van der Waals surface area contributed by atoms with E-state index in [4.69, 9.17) is 0 Å². The van der Waals surface area contributed by atoms with Crippen LogP contribution in [0.4, 0.5) is 0 Å². The maximum Gasteiger partial charge on any atom is 0.122 e. The lowest BCUT2D eigenvalue weighted by atomic mass is 10.0. The average Bonchev–Trinajstić information content (AvgIpc) is 3.02. The monoisotopic (exact) mass is 649 g/mol. The number of aromatic hydroxyl groups is 1. The smallest absolute Gasteiger partial charge is 0.122 e. The van der Waals surface area contributed by atoms with Crippen LogP contribution in [-0.4, -0.2) is 16.6 Å². The number of aryl methyl sites for hydroxylation is 1. The van der Waals surface area contributed by atoms with Gasteiger partial charge < -0.3 is 5.11 Å². The van der Waals surface area contributed by atoms with Crippen LogP contribution in [0.5, 0.6) is 5.75 Å². The first kappa shape index (κ1) is 41.7. The lowest BCUT2D eigenvalue weighted by Gasteiger charge is -2.11. The van der Waals surface area contributed by atoms with E-state index in [0.717, 1.165) is 22.6 Å². The molecule has 0 aliphatic carbocycles. The van der Waals surface area contributed by atoms with Crippen molar-refractivity contribution in [3.63, 3.8) is 0 Å². The lowest BCUT2D eigenvalue weighted by molar-refractivity contribution is 0.466. The molecule has 0 saturated heterocycles. The third-order valence-corrected chi connectivity index (χ3v) is 11.5. The van der Waals surface area contributed by atoms with Gasteiger partial charge in [0, 0.05) is 17.1 Å². The Morgan fingerprint density at radius 2 is 0.750 bits per heavy atom. The molecule has 3 heteroatoms. The van der Waals surface area contributed by atoms with E-state index in [1.54, 1.807) is 0 Å². The van der Waals surface area contributed by atoms with Gasteiger partial charge >= 0.3 is 0 Å². The Hall–Kier alpha value is -0.280. The summed E-state index contributed by atoms with van der Waals surface area (Å²) in [5.41, 5.74) is 3.59. The highest BCUT2D eigenvalue weighted by Crippen LogP contribution is 2.30. The molecule has 0 unspecified atom stereocenters. The standard InChI is InChI=1S/C41H76OS2/c1-4-6-8-10-12-14-16-18-20-22-24-26-28-30-32-43-36-39-34-38(3)41(42)40(35-39)37-44-33-31-29-27-25-23-21-19-17-15-13-11-9-7-5-2/h34-35,42H,4-33,36-37H2,1-3H3. The number of benzene rings is 1. The molecule has 0 spiro atoms. The molecule has 258 valence electrons. The molecule has 1 aromatic rings. The van der Waals surface area contributed by atoms with Crippen LogP contribution in [0, 0.1) is 6.92 Å². The van der Waals surface area contributed by atoms with Gasteiger partial charge in [0.2, 0.25) is 0 Å². The summed E-state index contributed by atoms with van der Waals surface area (Å²) in [5, 5.41) is 10.6. The number of thioether (sulfide) groups is 2. The van der Waals surface area contributed by atoms with Gasteiger partial charge in [-0.05, 0) is 42.4 Å². The van der Waals surface area contributed by atoms with E-state index in [9.17, 15) is 5.11 Å². The summed E-state index contributed by atoms with van der Waals surface area (Å²) < 4.78 is 0. The molecule has 0 radical (unpaired) electrons. The molecule has 0 amide bonds. The van der Waals surface area contributed by atoms with Crippen LogP contribution in [0.15, 0.2) is 12.1 Å². The second-order valence-corrected chi connectivity index (χ2v) is 15.9. The summed E-state index contributed by atoms with van der Waals surface area (Å²) >= 11 is 4.08. The topological polar surface area (TPSA) is 20.2 Å². The number of hydrogen-bond donors (Lipinski definition) is 1. The molecule has 1 N–H and O–H groups in total. The summed E-state index contributed by atoms with van der Waals surface area (Å²) in [5.74, 6) is 5.04. The van der Waals surface area contributed by atoms with Crippen molar-refractivity contribution in [1.29, 1.82) is 0 Å². The van der Waals surface area contributed by atoms with E-state index in [1.807, 2.05) is 11.8 Å². The minimum Gasteiger partial charge on any atom is -0.507 e. The summed E-state index contributed by atoms with van der Waals surface area (Å²) in [6.45, 7) is 6.67. The SMILES string of the molecule is CCCCCCCCCCCCCCCCSCc1cc(C)c(O)c(CSCCCCCCCCCCCCCCCC)c1. The number of unbranched alkanes of at least 4 members (excludes halogenated alkanes) is 26. The van der Waals surface area contributed by atoms with Gasteiger partial charge in [-0.1, -0.05) is 193 Å². The second kappa shape index (κ2) is 32.7. The van der Waals surface area contributed by atoms with Crippen molar-refractivity contribution in [2.24, 2.45) is 0 Å². The molecular weight excluding hydrogens is 573 g/mol. The van der Waals surface area contributed by atoms with Crippen molar-refractivity contribution < 1.29 is 5.11 Å². The van der Waals surface area contributed by atoms with E-state index in [-0.39, 0.29) is 0 Å². The maximum atomic E-state index is 10.6. The normalized spacial score (nSPS) is 11.5. The minimum absolute atomic E-state index is 0.527. The van der Waals surface area contributed by atoms with Gasteiger partial charge in [-0.25, -0.2) is 0 Å². The van der Waals surface area contributed by atoms with Gasteiger partial charge in [0.05, 0.1) is 0 Å². The molecule has 0 atom stereocenters. The molecule has 44 heavy (non-hydrogen) atoms. The average molecular weight is 649 g/mol. The molecule has 0 aliphatic rings. The zero-order chi connectivity index (χ0) is 31.8. The highest BCUT2D eigenvalue weighted by molar-refractivity contribution is 7.98. The Bertz CT molecular complexity index is 734. The van der Waals surface area contributed by atoms with Gasteiger partial charge in [0.25, 0.3) is 0 Å². The minimum atomic E-state index is 0.527. The fourth-order valence-electron chi connectivity index (χ4n) is 6.30. The van der Waals surface area contributed by atoms with Crippen LogP contribution in [0.2, 0.25) is 0 Å². The molecule has 0 fully saturated rings. The van der Waals surface area contributed by atoms with Crippen molar-refractivity contribution in [1.82, 2.24) is 0 Å². The van der Waals surface area contributed by atoms with Crippen LogP contribution in [0.3, 0.4) is 0 Å². The number of phenols is 1. The van der Waals surface area contributed by atoms with Crippen molar-refractivity contribution in [2.75, 3.05) is 11.5 Å². The molecule has 0 saturated carbocycles. The van der Waals surface area contributed by atoms with Gasteiger partial charge in [-0.2, -0.15) is 23.5 Å². The third-order valence-electron chi connectivity index (χ3n) is 9.25. The molecular formula is C41H76OS2. The zero-order valence-electron chi connectivity index (χ0n) is 30.0. The molecule has 0 bridgehead atoms. The summed E-state index contributed by atoms with van der Waals surface area (Å²) in [4.78, 5) is 0. The fourth-order valence-corrected chi connectivity index (χ4v) is 8.24. The summed E-state index contributed by atoms with van der Waals surface area (Å²) in [6.07, 6.45) is 39.8. The van der Waals surface area contributed by atoms with Gasteiger partial charge in [0.15, 0.2) is 0 Å². The summed E-state index contributed by atoms with van der Waals surface area (Å²) in [7, 11) is 0. The first-order valence-corrected chi connectivity index (χ1v) is 22.0.